The van der Waals surface area contributed by atoms with Gasteiger partial charge in [0, 0.05) is 30.8 Å². The summed E-state index contributed by atoms with van der Waals surface area (Å²) in [6.45, 7) is 7.43. The predicted octanol–water partition coefficient (Wildman–Crippen LogP) is 1.59. The number of aryl methyl sites for hydroxylation is 4. The Hall–Kier alpha value is -2.45. The van der Waals surface area contributed by atoms with Crippen molar-refractivity contribution >= 4 is 15.9 Å². The van der Waals surface area contributed by atoms with E-state index in [4.69, 9.17) is 0 Å². The Bertz CT molecular complexity index is 1010. The lowest BCUT2D eigenvalue weighted by atomic mass is 10.1. The summed E-state index contributed by atoms with van der Waals surface area (Å²) in [7, 11) is -3.67. The van der Waals surface area contributed by atoms with Gasteiger partial charge >= 0.3 is 0 Å². The zero-order chi connectivity index (χ0) is 20.2. The summed E-state index contributed by atoms with van der Waals surface area (Å²) in [5, 5.41) is 2.65. The third-order valence-corrected chi connectivity index (χ3v) is 5.85. The molecule has 7 nitrogen and oxygen atoms in total. The van der Waals surface area contributed by atoms with Crippen LogP contribution in [0.3, 0.4) is 0 Å². The first-order valence-electron chi connectivity index (χ1n) is 8.63. The van der Waals surface area contributed by atoms with E-state index in [2.05, 4.69) is 15.0 Å². The Morgan fingerprint density at radius 2 is 1.74 bits per heavy atom. The number of sulfonamides is 1. The number of nitrogens with one attached hydrogen (secondary N) is 3. The van der Waals surface area contributed by atoms with Gasteiger partial charge in [-0.05, 0) is 62.6 Å². The van der Waals surface area contributed by atoms with E-state index in [-0.39, 0.29) is 35.9 Å². The van der Waals surface area contributed by atoms with E-state index >= 15 is 0 Å². The van der Waals surface area contributed by atoms with Crippen molar-refractivity contribution < 1.29 is 13.2 Å². The molecule has 0 aliphatic heterocycles. The topological polar surface area (TPSA) is 108 Å². The van der Waals surface area contributed by atoms with Gasteiger partial charge in [-0.3, -0.25) is 9.59 Å². The number of H-pyrrole nitrogens is 1. The third kappa shape index (κ3) is 5.51. The maximum absolute atomic E-state index is 12.3. The average molecular weight is 391 g/mol. The van der Waals surface area contributed by atoms with Gasteiger partial charge in [-0.15, -0.1) is 0 Å². The minimum Gasteiger partial charge on any atom is -0.352 e. The number of hydrogen-bond donors (Lipinski definition) is 3. The smallest absolute Gasteiger partial charge is 0.253 e. The fraction of sp³-hybridized carbons (Fsp3) is 0.368. The highest BCUT2D eigenvalue weighted by Crippen LogP contribution is 2.14. The van der Waals surface area contributed by atoms with Crippen LogP contribution in [-0.4, -0.2) is 25.9 Å². The first-order chi connectivity index (χ1) is 12.6. The second-order valence-corrected chi connectivity index (χ2v) is 8.38. The Balaban J connectivity index is 1.89. The Morgan fingerprint density at radius 1 is 1.04 bits per heavy atom. The highest BCUT2D eigenvalue weighted by atomic mass is 32.2. The van der Waals surface area contributed by atoms with E-state index in [1.54, 1.807) is 26.0 Å². The van der Waals surface area contributed by atoms with E-state index in [9.17, 15) is 18.0 Å². The Labute approximate surface area is 159 Å². The number of rotatable bonds is 7. The molecule has 0 radical (unpaired) electrons. The highest BCUT2D eigenvalue weighted by molar-refractivity contribution is 7.89. The molecule has 8 heteroatoms. The van der Waals surface area contributed by atoms with Crippen LogP contribution in [0.4, 0.5) is 0 Å². The minimum atomic E-state index is -3.67. The average Bonchev–Trinajstić information content (AvgIpc) is 2.56. The van der Waals surface area contributed by atoms with Crippen LogP contribution in [-0.2, 0) is 21.4 Å². The summed E-state index contributed by atoms with van der Waals surface area (Å²) in [6, 6.07) is 6.72. The zero-order valence-corrected chi connectivity index (χ0v) is 16.8. The number of carbonyl (C=O) groups excluding carboxylic acids is 1. The normalized spacial score (nSPS) is 11.4. The minimum absolute atomic E-state index is 0.0209. The lowest BCUT2D eigenvalue weighted by Crippen LogP contribution is -2.32. The van der Waals surface area contributed by atoms with Gasteiger partial charge in [-0.2, -0.15) is 0 Å². The van der Waals surface area contributed by atoms with Crippen LogP contribution >= 0.6 is 0 Å². The van der Waals surface area contributed by atoms with Crippen molar-refractivity contribution in [2.45, 2.75) is 45.6 Å². The van der Waals surface area contributed by atoms with Crippen LogP contribution in [0.1, 0.15) is 34.4 Å². The molecular formula is C19H25N3O4S. The van der Waals surface area contributed by atoms with Crippen LogP contribution in [0.15, 0.2) is 34.0 Å². The molecule has 1 amide bonds. The maximum Gasteiger partial charge on any atom is 0.253 e. The van der Waals surface area contributed by atoms with Crippen LogP contribution in [0.5, 0.6) is 0 Å². The van der Waals surface area contributed by atoms with Gasteiger partial charge in [0.2, 0.25) is 15.9 Å². The molecule has 146 valence electrons. The molecule has 1 heterocycles. The summed E-state index contributed by atoms with van der Waals surface area (Å²) in [5.74, 6) is -0.336. The Morgan fingerprint density at radius 3 is 2.37 bits per heavy atom. The third-order valence-electron chi connectivity index (χ3n) is 4.39. The fourth-order valence-electron chi connectivity index (χ4n) is 2.64. The molecule has 3 N–H and O–H groups in total. The second-order valence-electron chi connectivity index (χ2n) is 6.61. The van der Waals surface area contributed by atoms with Crippen molar-refractivity contribution in [2.24, 2.45) is 0 Å². The number of hydrogen-bond acceptors (Lipinski definition) is 4. The number of pyridine rings is 1. The molecule has 0 atom stereocenters. The quantitative estimate of drug-likeness (QED) is 0.666. The molecule has 0 saturated heterocycles. The van der Waals surface area contributed by atoms with Crippen molar-refractivity contribution in [3.05, 3.63) is 62.6 Å². The van der Waals surface area contributed by atoms with Crippen molar-refractivity contribution in [1.29, 1.82) is 0 Å². The highest BCUT2D eigenvalue weighted by Gasteiger charge is 2.15. The van der Waals surface area contributed by atoms with Gasteiger partial charge in [0.1, 0.15) is 0 Å². The molecule has 1 aromatic carbocycles. The summed E-state index contributed by atoms with van der Waals surface area (Å²) in [4.78, 5) is 26.8. The van der Waals surface area contributed by atoms with Crippen LogP contribution < -0.4 is 15.6 Å². The molecular weight excluding hydrogens is 366 g/mol. The lowest BCUT2D eigenvalue weighted by molar-refractivity contribution is -0.121. The number of amides is 1. The maximum atomic E-state index is 12.3. The van der Waals surface area contributed by atoms with Gasteiger partial charge in [0.15, 0.2) is 0 Å². The number of carbonyl (C=O) groups is 1. The molecule has 0 aliphatic rings. The monoisotopic (exact) mass is 391 g/mol. The summed E-state index contributed by atoms with van der Waals surface area (Å²) >= 11 is 0. The standard InChI is InChI=1S/C19H25N3O4S/c1-12-5-6-16(10-13(12)2)27(25,26)21-8-7-18(23)20-11-17-14(3)9-15(4)22-19(17)24/h5-6,9-10,21H,7-8,11H2,1-4H3,(H,20,23)(H,22,24). The predicted molar refractivity (Wildman–Crippen MR) is 104 cm³/mol. The molecule has 0 bridgehead atoms. The van der Waals surface area contributed by atoms with Gasteiger partial charge in [-0.25, -0.2) is 13.1 Å². The second kappa shape index (κ2) is 8.49. The summed E-state index contributed by atoms with van der Waals surface area (Å²) < 4.78 is 27.0. The first kappa shape index (κ1) is 20.9. The van der Waals surface area contributed by atoms with E-state index in [1.165, 1.54) is 6.07 Å². The first-order valence-corrected chi connectivity index (χ1v) is 10.1. The fourth-order valence-corrected chi connectivity index (χ4v) is 3.76. The van der Waals surface area contributed by atoms with Crippen molar-refractivity contribution in [3.8, 4) is 0 Å². The van der Waals surface area contributed by atoms with Crippen LogP contribution in [0.2, 0.25) is 0 Å². The zero-order valence-electron chi connectivity index (χ0n) is 16.0. The van der Waals surface area contributed by atoms with Crippen molar-refractivity contribution in [2.75, 3.05) is 6.54 Å². The number of aromatic amines is 1. The van der Waals surface area contributed by atoms with Gasteiger partial charge in [0.25, 0.3) is 5.56 Å². The SMILES string of the molecule is Cc1cc(C)c(CNC(=O)CCNS(=O)(=O)c2ccc(C)c(C)c2)c(=O)[nH]1. The van der Waals surface area contributed by atoms with E-state index in [0.717, 1.165) is 22.4 Å². The molecule has 0 aliphatic carbocycles. The Kier molecular flexibility index (Phi) is 6.56. The number of aromatic nitrogens is 1. The van der Waals surface area contributed by atoms with E-state index < -0.39 is 10.0 Å². The molecule has 0 saturated carbocycles. The van der Waals surface area contributed by atoms with Crippen LogP contribution in [0.25, 0.3) is 0 Å². The molecule has 27 heavy (non-hydrogen) atoms. The van der Waals surface area contributed by atoms with Crippen molar-refractivity contribution in [1.82, 2.24) is 15.0 Å². The molecule has 0 unspecified atom stereocenters. The van der Waals surface area contributed by atoms with Crippen molar-refractivity contribution in [3.63, 3.8) is 0 Å². The van der Waals surface area contributed by atoms with Crippen LogP contribution in [0, 0.1) is 27.7 Å². The number of benzene rings is 1. The lowest BCUT2D eigenvalue weighted by Gasteiger charge is -2.10. The van der Waals surface area contributed by atoms with Gasteiger partial charge in [-0.1, -0.05) is 6.07 Å². The van der Waals surface area contributed by atoms with Gasteiger partial charge in [0.05, 0.1) is 4.90 Å². The van der Waals surface area contributed by atoms with E-state index in [0.29, 0.717) is 5.56 Å². The molecule has 0 fully saturated rings. The molecule has 2 rings (SSSR count). The summed E-state index contributed by atoms with van der Waals surface area (Å²) in [5.41, 5.74) is 3.71. The molecule has 0 spiro atoms. The molecule has 2 aromatic rings. The van der Waals surface area contributed by atoms with E-state index in [1.807, 2.05) is 19.9 Å². The molecule has 1 aromatic heterocycles. The summed E-state index contributed by atoms with van der Waals surface area (Å²) in [6.07, 6.45) is -0.0209. The van der Waals surface area contributed by atoms with Gasteiger partial charge < -0.3 is 10.3 Å². The largest absolute Gasteiger partial charge is 0.352 e.